The number of morpholine rings is 1. The van der Waals surface area contributed by atoms with Crippen LogP contribution in [0, 0.1) is 35.5 Å². The highest BCUT2D eigenvalue weighted by molar-refractivity contribution is 6.39. The van der Waals surface area contributed by atoms with Crippen molar-refractivity contribution < 1.29 is 72.1 Å². The number of hydrogen-bond acceptors (Lipinski definition) is 16. The second-order valence-corrected chi connectivity index (χ2v) is 22.9. The van der Waals surface area contributed by atoms with Crippen molar-refractivity contribution in [3.05, 3.63) is 47.6 Å². The Hall–Kier alpha value is -3.49. The molecule has 1 saturated carbocycles. The van der Waals surface area contributed by atoms with Crippen LogP contribution in [-0.2, 0) is 61.9 Å². The average molecular weight is 1090 g/mol. The second kappa shape index (κ2) is 32.1. The molecule has 0 radical (unpaired) electrons. The Balaban J connectivity index is 1.42. The van der Waals surface area contributed by atoms with Gasteiger partial charge in [-0.15, -0.1) is 0 Å². The third-order valence-electron chi connectivity index (χ3n) is 16.8. The predicted octanol–water partition coefficient (Wildman–Crippen LogP) is 6.94. The van der Waals surface area contributed by atoms with Crippen molar-refractivity contribution in [2.24, 2.45) is 35.5 Å². The number of esters is 1. The van der Waals surface area contributed by atoms with E-state index in [1.165, 1.54) is 12.0 Å². The smallest absolute Gasteiger partial charge is 0.329 e. The van der Waals surface area contributed by atoms with Gasteiger partial charge in [0, 0.05) is 84.7 Å². The summed E-state index contributed by atoms with van der Waals surface area (Å²) in [6.07, 6.45) is 13.3. The largest absolute Gasteiger partial charge is 0.460 e. The normalized spacial score (nSPS) is 36.3. The Bertz CT molecular complexity index is 2020. The van der Waals surface area contributed by atoms with Gasteiger partial charge in [0.15, 0.2) is 5.78 Å². The highest BCUT2D eigenvalue weighted by atomic mass is 16.6. The number of ether oxygens (including phenoxy) is 8. The second-order valence-electron chi connectivity index (χ2n) is 22.9. The number of rotatable bonds is 14. The van der Waals surface area contributed by atoms with E-state index in [4.69, 9.17) is 37.9 Å². The van der Waals surface area contributed by atoms with E-state index >= 15 is 0 Å². The molecule has 15 atom stereocenters. The van der Waals surface area contributed by atoms with Gasteiger partial charge in [0.2, 0.25) is 5.79 Å². The molecule has 0 aromatic carbocycles. The first-order valence-electron chi connectivity index (χ1n) is 28.8. The molecule has 0 aromatic heterocycles. The number of nitrogens with zero attached hydrogens (tertiary/aromatic N) is 2. The first-order valence-corrected chi connectivity index (χ1v) is 28.8. The molecule has 436 valence electrons. The molecule has 1 aliphatic carbocycles. The third-order valence-corrected chi connectivity index (χ3v) is 16.8. The van der Waals surface area contributed by atoms with Gasteiger partial charge in [-0.2, -0.15) is 0 Å². The number of carbonyl (C=O) groups excluding carboxylic acids is 5. The first-order chi connectivity index (χ1) is 36.8. The molecule has 1 unspecified atom stereocenters. The van der Waals surface area contributed by atoms with E-state index in [1.54, 1.807) is 41.1 Å². The van der Waals surface area contributed by atoms with Crippen molar-refractivity contribution in [3.63, 3.8) is 0 Å². The number of allylic oxidation sites excluding steroid dienone is 6. The maximum Gasteiger partial charge on any atom is 0.329 e. The summed E-state index contributed by atoms with van der Waals surface area (Å²) < 4.78 is 47.7. The number of carbonyl (C=O) groups is 5. The van der Waals surface area contributed by atoms with Gasteiger partial charge in [-0.05, 0) is 113 Å². The maximum atomic E-state index is 14.7. The van der Waals surface area contributed by atoms with Crippen LogP contribution in [0.5, 0.6) is 0 Å². The summed E-state index contributed by atoms with van der Waals surface area (Å²) in [7, 11) is 4.68. The van der Waals surface area contributed by atoms with Crippen molar-refractivity contribution in [1.82, 2.24) is 9.80 Å². The number of aliphatic hydroxyl groups excluding tert-OH is 1. The van der Waals surface area contributed by atoms with Crippen LogP contribution in [0.3, 0.4) is 0 Å². The van der Waals surface area contributed by atoms with Crippen molar-refractivity contribution in [1.29, 1.82) is 0 Å². The topological polar surface area (TPSA) is 206 Å². The highest BCUT2D eigenvalue weighted by Crippen LogP contribution is 2.38. The third kappa shape index (κ3) is 18.8. The van der Waals surface area contributed by atoms with Gasteiger partial charge in [-0.3, -0.25) is 24.1 Å². The molecule has 4 heterocycles. The summed E-state index contributed by atoms with van der Waals surface area (Å²) in [5, 5.41) is 23.7. The lowest BCUT2D eigenvalue weighted by Gasteiger charge is -2.43. The Kier molecular flexibility index (Phi) is 26.8. The van der Waals surface area contributed by atoms with Crippen LogP contribution >= 0.6 is 0 Å². The van der Waals surface area contributed by atoms with Crippen LogP contribution in [-0.4, -0.2) is 184 Å². The van der Waals surface area contributed by atoms with E-state index < -0.39 is 77.8 Å². The molecule has 17 nitrogen and oxygen atoms in total. The molecule has 5 rings (SSSR count). The van der Waals surface area contributed by atoms with Crippen LogP contribution in [0.15, 0.2) is 47.6 Å². The standard InChI is InChI=1S/C60H96N2O15/c1-39-17-12-11-13-18-40(2)51(75-32-31-70-8)37-47-22-20-45(7)60(69,77-47)57(66)58(67)62-25-15-14-19-48(62)59(68)76-52(38-49(63)41(3)34-44(6)55(65)56(72-10)54(64)43(5)33-39)42(4)35-46-21-23-50(53(36-46)71-9)74-28-16-24-61-26-29-73-30-27-61/h11-13,17-18,34,39,41-43,45-48,50-53,55-56,65,69H,14-16,19-33,35-38H2,1-10H3/b13-11?,17-12+,40-18?,44-34+/t39-,41-,42?,43-,45-,46+,47+,48+,50-,51+,52+,53-,55-,56+,60-/m1/s1. The van der Waals surface area contributed by atoms with Crippen molar-refractivity contribution in [2.75, 3.05) is 80.5 Å². The number of amides is 1. The molecule has 3 saturated heterocycles. The number of methoxy groups -OCH3 is 3. The molecule has 4 aliphatic heterocycles. The summed E-state index contributed by atoms with van der Waals surface area (Å²) in [4.78, 5) is 75.5. The van der Waals surface area contributed by atoms with Gasteiger partial charge in [0.1, 0.15) is 30.1 Å². The van der Waals surface area contributed by atoms with Gasteiger partial charge in [0.05, 0.1) is 50.8 Å². The van der Waals surface area contributed by atoms with E-state index in [2.05, 4.69) is 4.90 Å². The average Bonchev–Trinajstić information content (AvgIpc) is 3.43. The summed E-state index contributed by atoms with van der Waals surface area (Å²) in [6, 6.07) is -1.15. The Morgan fingerprint density at radius 1 is 0.805 bits per heavy atom. The Labute approximate surface area is 459 Å². The van der Waals surface area contributed by atoms with Crippen molar-refractivity contribution >= 4 is 29.2 Å². The molecule has 2 bridgehead atoms. The Morgan fingerprint density at radius 2 is 1.56 bits per heavy atom. The zero-order valence-electron chi connectivity index (χ0n) is 48.2. The predicted molar refractivity (Wildman–Crippen MR) is 292 cm³/mol. The molecule has 77 heavy (non-hydrogen) atoms. The summed E-state index contributed by atoms with van der Waals surface area (Å²) in [6.45, 7) is 18.5. The quantitative estimate of drug-likeness (QED) is 0.0782. The van der Waals surface area contributed by atoms with Gasteiger partial charge in [0.25, 0.3) is 11.7 Å². The van der Waals surface area contributed by atoms with Gasteiger partial charge < -0.3 is 53.0 Å². The zero-order chi connectivity index (χ0) is 56.2. The highest BCUT2D eigenvalue weighted by Gasteiger charge is 2.53. The lowest BCUT2D eigenvalue weighted by atomic mass is 9.78. The summed E-state index contributed by atoms with van der Waals surface area (Å²) in [5.74, 6) is -7.92. The van der Waals surface area contributed by atoms with Crippen LogP contribution in [0.2, 0.25) is 0 Å². The van der Waals surface area contributed by atoms with E-state index in [0.717, 1.165) is 64.1 Å². The lowest BCUT2D eigenvalue weighted by Crippen LogP contribution is -2.61. The molecule has 0 spiro atoms. The molecule has 5 aliphatic rings. The summed E-state index contributed by atoms with van der Waals surface area (Å²) in [5.41, 5.74) is 1.26. The molecule has 2 N–H and O–H groups in total. The number of Topliss-reactive ketones (excluding diaryl/α,β-unsaturated/α-hetero) is 3. The number of cyclic esters (lactones) is 1. The molecular formula is C60H96N2O15. The molecule has 17 heteroatoms. The maximum absolute atomic E-state index is 14.7. The van der Waals surface area contributed by atoms with Gasteiger partial charge in [-0.25, -0.2) is 4.79 Å². The minimum atomic E-state index is -2.46. The minimum Gasteiger partial charge on any atom is -0.460 e. The van der Waals surface area contributed by atoms with Crippen molar-refractivity contribution in [3.8, 4) is 0 Å². The van der Waals surface area contributed by atoms with E-state index in [-0.39, 0.29) is 73.9 Å². The summed E-state index contributed by atoms with van der Waals surface area (Å²) >= 11 is 0. The molecule has 0 aromatic rings. The first kappa shape index (κ1) is 64.3. The monoisotopic (exact) mass is 1080 g/mol. The SMILES string of the molecule is COCCO[C@H]1C[C@@H]2CC[C@@H](C)[C@@](O)(O2)C(=O)C(=O)N2CCCC[C@H]2C(=O)O[C@H](C(C)C[C@@H]2CC[C@@H](OCCCN3CCOCC3)[C@H](OC)C2)CC(=O)[C@H](C)/C=C(\C)[C@@H](O)[C@@H](OC)C(=O)[C@H](C)C[C@H](C)/C=C/C=CC=C1C. The van der Waals surface area contributed by atoms with E-state index in [9.17, 15) is 34.2 Å². The lowest BCUT2D eigenvalue weighted by molar-refractivity contribution is -0.266. The fraction of sp³-hybridized carbons (Fsp3) is 0.783. The van der Waals surface area contributed by atoms with Crippen LogP contribution in [0.1, 0.15) is 132 Å². The fourth-order valence-corrected chi connectivity index (χ4v) is 11.8. The Morgan fingerprint density at radius 3 is 2.27 bits per heavy atom. The van der Waals surface area contributed by atoms with Crippen LogP contribution in [0.25, 0.3) is 0 Å². The minimum absolute atomic E-state index is 0.00415. The van der Waals surface area contributed by atoms with Crippen molar-refractivity contribution in [2.45, 2.75) is 186 Å². The number of ketones is 3. The number of piperidine rings is 1. The molecular weight excluding hydrogens is 989 g/mol. The van der Waals surface area contributed by atoms with Crippen LogP contribution < -0.4 is 0 Å². The number of aliphatic hydroxyl groups is 2. The zero-order valence-corrected chi connectivity index (χ0v) is 48.2. The molecule has 4 fully saturated rings. The van der Waals surface area contributed by atoms with E-state index in [1.807, 2.05) is 58.1 Å². The van der Waals surface area contributed by atoms with Gasteiger partial charge in [-0.1, -0.05) is 71.1 Å². The van der Waals surface area contributed by atoms with Crippen LogP contribution in [0.4, 0.5) is 0 Å². The molecule has 1 amide bonds. The number of fused-ring (bicyclic) bond motifs is 3. The van der Waals surface area contributed by atoms with E-state index in [0.29, 0.717) is 57.3 Å². The fourth-order valence-electron chi connectivity index (χ4n) is 11.8. The van der Waals surface area contributed by atoms with Gasteiger partial charge >= 0.3 is 5.97 Å². The number of hydrogen-bond donors (Lipinski definition) is 2.